The molecule has 4 heteroatoms. The Morgan fingerprint density at radius 1 is 1.08 bits per heavy atom. The molecule has 0 aliphatic carbocycles. The van der Waals surface area contributed by atoms with Gasteiger partial charge in [-0.2, -0.15) is 5.26 Å². The maximum Gasteiger partial charge on any atom is 0.253 e. The Labute approximate surface area is 147 Å². The van der Waals surface area contributed by atoms with Gasteiger partial charge in [-0.15, -0.1) is 0 Å². The van der Waals surface area contributed by atoms with Gasteiger partial charge in [0.2, 0.25) is 0 Å². The maximum absolute atomic E-state index is 12.5. The van der Waals surface area contributed by atoms with Gasteiger partial charge in [-0.05, 0) is 67.1 Å². The Bertz CT molecular complexity index is 739. The summed E-state index contributed by atoms with van der Waals surface area (Å²) in [4.78, 5) is 14.4. The molecule has 1 heterocycles. The number of hydrogen-bond donors (Lipinski definition) is 0. The lowest BCUT2D eigenvalue weighted by atomic mass is 9.89. The maximum atomic E-state index is 12.5. The van der Waals surface area contributed by atoms with Crippen LogP contribution < -0.4 is 0 Å². The molecule has 0 radical (unpaired) electrons. The standard InChI is InChI=1S/C20H19ClN2O/c21-19-7-5-18(6-8-19)20(24)23-11-9-16(10-12-23)13-15-1-3-17(14-22)4-2-15/h1-8,16H,9-13H2. The van der Waals surface area contributed by atoms with Crippen LogP contribution in [0.15, 0.2) is 48.5 Å². The van der Waals surface area contributed by atoms with E-state index < -0.39 is 0 Å². The van der Waals surface area contributed by atoms with Crippen LogP contribution in [0.5, 0.6) is 0 Å². The summed E-state index contributed by atoms with van der Waals surface area (Å²) in [5.74, 6) is 0.677. The van der Waals surface area contributed by atoms with Crippen molar-refractivity contribution in [3.63, 3.8) is 0 Å². The number of halogens is 1. The minimum absolute atomic E-state index is 0.0866. The normalized spacial score (nSPS) is 15.1. The quantitative estimate of drug-likeness (QED) is 0.837. The molecule has 0 aromatic heterocycles. The second-order valence-electron chi connectivity index (χ2n) is 6.26. The lowest BCUT2D eigenvalue weighted by Crippen LogP contribution is -2.38. The summed E-state index contributed by atoms with van der Waals surface area (Å²) in [7, 11) is 0. The van der Waals surface area contributed by atoms with Gasteiger partial charge in [0.25, 0.3) is 5.91 Å². The number of carbonyl (C=O) groups excluding carboxylic acids is 1. The van der Waals surface area contributed by atoms with E-state index in [1.54, 1.807) is 24.3 Å². The monoisotopic (exact) mass is 338 g/mol. The van der Waals surface area contributed by atoms with E-state index in [9.17, 15) is 4.79 Å². The highest BCUT2D eigenvalue weighted by atomic mass is 35.5. The van der Waals surface area contributed by atoms with Crippen molar-refractivity contribution >= 4 is 17.5 Å². The van der Waals surface area contributed by atoms with Crippen LogP contribution in [0.3, 0.4) is 0 Å². The zero-order valence-electron chi connectivity index (χ0n) is 13.4. The zero-order valence-corrected chi connectivity index (χ0v) is 14.2. The highest BCUT2D eigenvalue weighted by molar-refractivity contribution is 6.30. The highest BCUT2D eigenvalue weighted by Crippen LogP contribution is 2.23. The zero-order chi connectivity index (χ0) is 16.9. The third-order valence-electron chi connectivity index (χ3n) is 4.60. The van der Waals surface area contributed by atoms with Crippen molar-refractivity contribution in [2.45, 2.75) is 19.3 Å². The fraction of sp³-hybridized carbons (Fsp3) is 0.300. The minimum Gasteiger partial charge on any atom is -0.339 e. The molecule has 0 atom stereocenters. The molecule has 1 aliphatic rings. The number of nitrogens with zero attached hydrogens (tertiary/aromatic N) is 2. The van der Waals surface area contributed by atoms with Crippen molar-refractivity contribution in [3.8, 4) is 6.07 Å². The Morgan fingerprint density at radius 3 is 2.29 bits per heavy atom. The first kappa shape index (κ1) is 16.5. The van der Waals surface area contributed by atoms with Crippen molar-refractivity contribution in [2.75, 3.05) is 13.1 Å². The second-order valence-corrected chi connectivity index (χ2v) is 6.69. The molecule has 2 aromatic carbocycles. The fourth-order valence-corrected chi connectivity index (χ4v) is 3.29. The predicted octanol–water partition coefficient (Wildman–Crippen LogP) is 4.31. The molecule has 0 unspecified atom stereocenters. The summed E-state index contributed by atoms with van der Waals surface area (Å²) < 4.78 is 0. The topological polar surface area (TPSA) is 44.1 Å². The molecule has 2 aromatic rings. The molecule has 3 nitrogen and oxygen atoms in total. The number of benzene rings is 2. The molecule has 1 amide bonds. The van der Waals surface area contributed by atoms with Gasteiger partial charge in [0, 0.05) is 23.7 Å². The van der Waals surface area contributed by atoms with Crippen molar-refractivity contribution in [1.29, 1.82) is 5.26 Å². The van der Waals surface area contributed by atoms with Crippen molar-refractivity contribution in [2.24, 2.45) is 5.92 Å². The van der Waals surface area contributed by atoms with Gasteiger partial charge in [-0.25, -0.2) is 0 Å². The van der Waals surface area contributed by atoms with Gasteiger partial charge in [0.05, 0.1) is 11.6 Å². The molecule has 0 bridgehead atoms. The van der Waals surface area contributed by atoms with Gasteiger partial charge in [0.15, 0.2) is 0 Å². The lowest BCUT2D eigenvalue weighted by molar-refractivity contribution is 0.0690. The van der Waals surface area contributed by atoms with E-state index >= 15 is 0 Å². The van der Waals surface area contributed by atoms with Gasteiger partial charge in [-0.3, -0.25) is 4.79 Å². The van der Waals surface area contributed by atoms with Crippen LogP contribution >= 0.6 is 11.6 Å². The highest BCUT2D eigenvalue weighted by Gasteiger charge is 2.23. The van der Waals surface area contributed by atoms with Crippen LogP contribution in [-0.2, 0) is 6.42 Å². The van der Waals surface area contributed by atoms with Crippen LogP contribution in [0.25, 0.3) is 0 Å². The van der Waals surface area contributed by atoms with Gasteiger partial charge < -0.3 is 4.90 Å². The Kier molecular flexibility index (Phi) is 5.17. The largest absolute Gasteiger partial charge is 0.339 e. The van der Waals surface area contributed by atoms with E-state index in [2.05, 4.69) is 6.07 Å². The second kappa shape index (κ2) is 7.51. The van der Waals surface area contributed by atoms with Gasteiger partial charge in [-0.1, -0.05) is 23.7 Å². The number of carbonyl (C=O) groups is 1. The predicted molar refractivity (Wildman–Crippen MR) is 94.9 cm³/mol. The molecule has 1 fully saturated rings. The van der Waals surface area contributed by atoms with Crippen molar-refractivity contribution in [3.05, 3.63) is 70.2 Å². The number of hydrogen-bond acceptors (Lipinski definition) is 2. The van der Waals surface area contributed by atoms with Gasteiger partial charge in [0.1, 0.15) is 0 Å². The summed E-state index contributed by atoms with van der Waals surface area (Å²) >= 11 is 5.87. The number of likely N-dealkylation sites (tertiary alicyclic amines) is 1. The summed E-state index contributed by atoms with van der Waals surface area (Å²) in [6.07, 6.45) is 3.04. The lowest BCUT2D eigenvalue weighted by Gasteiger charge is -2.32. The first-order valence-electron chi connectivity index (χ1n) is 8.19. The number of piperidine rings is 1. The van der Waals surface area contributed by atoms with Crippen LogP contribution in [0, 0.1) is 17.2 Å². The van der Waals surface area contributed by atoms with Crippen LogP contribution in [0.4, 0.5) is 0 Å². The summed E-state index contributed by atoms with van der Waals surface area (Å²) in [6.45, 7) is 1.59. The van der Waals surface area contributed by atoms with Crippen LogP contribution in [0.2, 0.25) is 5.02 Å². The van der Waals surface area contributed by atoms with Crippen molar-refractivity contribution < 1.29 is 4.79 Å². The number of rotatable bonds is 3. The number of amides is 1. The molecular weight excluding hydrogens is 320 g/mol. The third-order valence-corrected chi connectivity index (χ3v) is 4.85. The number of nitriles is 1. The molecule has 0 N–H and O–H groups in total. The van der Waals surface area contributed by atoms with E-state index in [1.807, 2.05) is 29.2 Å². The van der Waals surface area contributed by atoms with E-state index in [0.29, 0.717) is 22.1 Å². The van der Waals surface area contributed by atoms with Gasteiger partial charge >= 0.3 is 0 Å². The summed E-state index contributed by atoms with van der Waals surface area (Å²) in [6, 6.07) is 17.0. The molecule has 24 heavy (non-hydrogen) atoms. The average molecular weight is 339 g/mol. The summed E-state index contributed by atoms with van der Waals surface area (Å²) in [5, 5.41) is 9.49. The third kappa shape index (κ3) is 3.96. The van der Waals surface area contributed by atoms with E-state index in [4.69, 9.17) is 16.9 Å². The van der Waals surface area contributed by atoms with Crippen LogP contribution in [-0.4, -0.2) is 23.9 Å². The summed E-state index contributed by atoms with van der Waals surface area (Å²) in [5.41, 5.74) is 2.66. The Hall–Kier alpha value is -2.31. The van der Waals surface area contributed by atoms with Crippen LogP contribution in [0.1, 0.15) is 34.3 Å². The molecular formula is C20H19ClN2O. The molecule has 0 spiro atoms. The average Bonchev–Trinajstić information content (AvgIpc) is 2.63. The van der Waals surface area contributed by atoms with E-state index in [-0.39, 0.29) is 5.91 Å². The SMILES string of the molecule is N#Cc1ccc(CC2CCN(C(=O)c3ccc(Cl)cc3)CC2)cc1. The van der Waals surface area contributed by atoms with Crippen molar-refractivity contribution in [1.82, 2.24) is 4.90 Å². The molecule has 3 rings (SSSR count). The first-order chi connectivity index (χ1) is 11.7. The Morgan fingerprint density at radius 2 is 1.71 bits per heavy atom. The van der Waals surface area contributed by atoms with E-state index in [1.165, 1.54) is 5.56 Å². The first-order valence-corrected chi connectivity index (χ1v) is 8.57. The molecule has 1 saturated heterocycles. The molecule has 122 valence electrons. The molecule has 0 saturated carbocycles. The smallest absolute Gasteiger partial charge is 0.253 e. The van der Waals surface area contributed by atoms with E-state index in [0.717, 1.165) is 32.4 Å². The fourth-order valence-electron chi connectivity index (χ4n) is 3.16. The minimum atomic E-state index is 0.0866. The Balaban J connectivity index is 1.54. The molecule has 1 aliphatic heterocycles.